The molecule has 1 saturated carbocycles. The van der Waals surface area contributed by atoms with Gasteiger partial charge in [0.1, 0.15) is 7.11 Å². The highest BCUT2D eigenvalue weighted by molar-refractivity contribution is 6.41. The van der Waals surface area contributed by atoms with Gasteiger partial charge in [-0.1, -0.05) is 18.0 Å². The second kappa shape index (κ2) is 3.59. The van der Waals surface area contributed by atoms with Crippen molar-refractivity contribution in [3.63, 3.8) is 0 Å². The number of piperidine rings is 1. The molecule has 0 bridgehead atoms. The summed E-state index contributed by atoms with van der Waals surface area (Å²) in [5.41, 5.74) is 0.641. The van der Waals surface area contributed by atoms with E-state index in [-0.39, 0.29) is 11.3 Å². The van der Waals surface area contributed by atoms with E-state index in [0.717, 1.165) is 25.8 Å². The van der Waals surface area contributed by atoms with Crippen molar-refractivity contribution in [2.24, 2.45) is 10.6 Å². The number of hydrogen-bond acceptors (Lipinski definition) is 3. The van der Waals surface area contributed by atoms with Crippen LogP contribution < -0.4 is 5.32 Å². The Balaban J connectivity index is 2.28. The summed E-state index contributed by atoms with van der Waals surface area (Å²) in [6, 6.07) is 0. The molecule has 1 N–H and O–H groups in total. The van der Waals surface area contributed by atoms with Gasteiger partial charge >= 0.3 is 0 Å². The van der Waals surface area contributed by atoms with E-state index >= 15 is 0 Å². The van der Waals surface area contributed by atoms with E-state index in [4.69, 9.17) is 4.84 Å². The van der Waals surface area contributed by atoms with Gasteiger partial charge in [-0.25, -0.2) is 0 Å². The number of carbonyl (C=O) groups is 1. The molecular weight excluding hydrogens is 180 g/mol. The van der Waals surface area contributed by atoms with Gasteiger partial charge in [0.2, 0.25) is 0 Å². The third-order valence-corrected chi connectivity index (χ3v) is 3.35. The second-order valence-corrected chi connectivity index (χ2v) is 4.12. The molecule has 1 saturated heterocycles. The van der Waals surface area contributed by atoms with E-state index in [1.54, 1.807) is 0 Å². The van der Waals surface area contributed by atoms with Crippen molar-refractivity contribution in [1.29, 1.82) is 0 Å². The topological polar surface area (TPSA) is 50.7 Å². The minimum absolute atomic E-state index is 0.0261. The molecule has 0 aromatic carbocycles. The summed E-state index contributed by atoms with van der Waals surface area (Å²) in [7, 11) is 1.50. The maximum absolute atomic E-state index is 11.6. The Morgan fingerprint density at radius 2 is 2.07 bits per heavy atom. The lowest BCUT2D eigenvalue weighted by Gasteiger charge is -2.33. The summed E-state index contributed by atoms with van der Waals surface area (Å²) < 4.78 is 0. The first-order valence-electron chi connectivity index (χ1n) is 5.18. The van der Waals surface area contributed by atoms with Crippen LogP contribution in [-0.2, 0) is 9.63 Å². The third kappa shape index (κ3) is 1.38. The molecule has 4 heteroatoms. The van der Waals surface area contributed by atoms with Crippen molar-refractivity contribution in [3.8, 4) is 0 Å². The zero-order valence-electron chi connectivity index (χ0n) is 8.51. The van der Waals surface area contributed by atoms with Gasteiger partial charge in [0.05, 0.1) is 0 Å². The molecule has 0 radical (unpaired) electrons. The Morgan fingerprint density at radius 1 is 1.36 bits per heavy atom. The van der Waals surface area contributed by atoms with Crippen molar-refractivity contribution in [2.75, 3.05) is 13.7 Å². The normalized spacial score (nSPS) is 28.1. The summed E-state index contributed by atoms with van der Waals surface area (Å²) in [4.78, 5) is 16.4. The van der Waals surface area contributed by atoms with E-state index in [0.29, 0.717) is 5.71 Å². The van der Waals surface area contributed by atoms with Crippen molar-refractivity contribution >= 4 is 11.6 Å². The lowest BCUT2D eigenvalue weighted by atomic mass is 9.75. The summed E-state index contributed by atoms with van der Waals surface area (Å²) in [5, 5.41) is 6.72. The van der Waals surface area contributed by atoms with Crippen LogP contribution in [0.4, 0.5) is 0 Å². The first-order valence-corrected chi connectivity index (χ1v) is 5.18. The largest absolute Gasteiger partial charge is 0.399 e. The molecule has 0 aromatic heterocycles. The van der Waals surface area contributed by atoms with Crippen LogP contribution in [0.25, 0.3) is 0 Å². The predicted octanol–water partition coefficient (Wildman–Crippen LogP) is 1.07. The number of nitrogens with zero attached hydrogens (tertiary/aromatic N) is 1. The number of hydrogen-bond donors (Lipinski definition) is 1. The van der Waals surface area contributed by atoms with Crippen molar-refractivity contribution in [2.45, 2.75) is 32.1 Å². The Kier molecular flexibility index (Phi) is 2.44. The average Bonchev–Trinajstić information content (AvgIpc) is 2.62. The van der Waals surface area contributed by atoms with Crippen LogP contribution in [0, 0.1) is 5.41 Å². The van der Waals surface area contributed by atoms with Gasteiger partial charge < -0.3 is 10.2 Å². The fourth-order valence-corrected chi connectivity index (χ4v) is 2.63. The predicted molar refractivity (Wildman–Crippen MR) is 53.0 cm³/mol. The third-order valence-electron chi connectivity index (χ3n) is 3.35. The highest BCUT2D eigenvalue weighted by Gasteiger charge is 2.44. The number of nitrogens with one attached hydrogen (secondary N) is 1. The second-order valence-electron chi connectivity index (χ2n) is 4.12. The van der Waals surface area contributed by atoms with E-state index in [1.165, 1.54) is 20.0 Å². The van der Waals surface area contributed by atoms with Gasteiger partial charge in [0, 0.05) is 12.0 Å². The molecule has 2 rings (SSSR count). The molecule has 0 unspecified atom stereocenters. The van der Waals surface area contributed by atoms with Crippen LogP contribution in [0.15, 0.2) is 5.16 Å². The maximum Gasteiger partial charge on any atom is 0.269 e. The highest BCUT2D eigenvalue weighted by atomic mass is 16.6. The first kappa shape index (κ1) is 9.49. The molecule has 14 heavy (non-hydrogen) atoms. The molecule has 2 aliphatic rings. The first-order chi connectivity index (χ1) is 6.78. The van der Waals surface area contributed by atoms with Gasteiger partial charge in [-0.15, -0.1) is 0 Å². The zero-order chi connectivity index (χ0) is 10.0. The molecule has 2 fully saturated rings. The summed E-state index contributed by atoms with van der Waals surface area (Å²) in [6.07, 6.45) is 5.60. The molecule has 1 heterocycles. The summed E-state index contributed by atoms with van der Waals surface area (Å²) >= 11 is 0. The van der Waals surface area contributed by atoms with Crippen molar-refractivity contribution < 1.29 is 9.63 Å². The van der Waals surface area contributed by atoms with Crippen LogP contribution >= 0.6 is 0 Å². The van der Waals surface area contributed by atoms with Gasteiger partial charge in [0.15, 0.2) is 5.71 Å². The van der Waals surface area contributed by atoms with Crippen molar-refractivity contribution in [1.82, 2.24) is 5.32 Å². The number of carbonyl (C=O) groups excluding carboxylic acids is 1. The SMILES string of the molecule is CO/N=C1\C(=O)NCCC12CCCC2. The molecule has 0 atom stereocenters. The molecule has 1 amide bonds. The smallest absolute Gasteiger partial charge is 0.269 e. The quantitative estimate of drug-likeness (QED) is 0.638. The van der Waals surface area contributed by atoms with Crippen LogP contribution in [0.1, 0.15) is 32.1 Å². The van der Waals surface area contributed by atoms with E-state index in [2.05, 4.69) is 10.5 Å². The number of oxime groups is 1. The van der Waals surface area contributed by atoms with Crippen LogP contribution in [0.3, 0.4) is 0 Å². The average molecular weight is 196 g/mol. The molecule has 4 nitrogen and oxygen atoms in total. The lowest BCUT2D eigenvalue weighted by Crippen LogP contribution is -2.48. The molecule has 0 aromatic rings. The molecular formula is C10H16N2O2. The fourth-order valence-electron chi connectivity index (χ4n) is 2.63. The molecule has 78 valence electrons. The summed E-state index contributed by atoms with van der Waals surface area (Å²) in [5.74, 6) is -0.0417. The van der Waals surface area contributed by atoms with E-state index in [1.807, 2.05) is 0 Å². The van der Waals surface area contributed by atoms with Gasteiger partial charge in [-0.05, 0) is 19.3 Å². The monoisotopic (exact) mass is 196 g/mol. The Bertz CT molecular complexity index is 267. The zero-order valence-corrected chi connectivity index (χ0v) is 8.51. The standard InChI is InChI=1S/C10H16N2O2/c1-14-12-8-9(13)11-7-6-10(8)4-2-3-5-10/h2-7H2,1H3,(H,11,13)/b12-8+. The minimum atomic E-state index is -0.0417. The number of amides is 1. The van der Waals surface area contributed by atoms with Crippen LogP contribution in [0.5, 0.6) is 0 Å². The fraction of sp³-hybridized carbons (Fsp3) is 0.800. The Morgan fingerprint density at radius 3 is 2.71 bits per heavy atom. The van der Waals surface area contributed by atoms with E-state index < -0.39 is 0 Å². The van der Waals surface area contributed by atoms with E-state index in [9.17, 15) is 4.79 Å². The Hall–Kier alpha value is -1.06. The Labute approximate surface area is 83.7 Å². The number of rotatable bonds is 1. The summed E-state index contributed by atoms with van der Waals surface area (Å²) in [6.45, 7) is 0.779. The molecule has 1 spiro atoms. The highest BCUT2D eigenvalue weighted by Crippen LogP contribution is 2.43. The van der Waals surface area contributed by atoms with Gasteiger partial charge in [-0.2, -0.15) is 0 Å². The van der Waals surface area contributed by atoms with Gasteiger partial charge in [-0.3, -0.25) is 4.79 Å². The van der Waals surface area contributed by atoms with Crippen LogP contribution in [-0.4, -0.2) is 25.3 Å². The minimum Gasteiger partial charge on any atom is -0.399 e. The van der Waals surface area contributed by atoms with Crippen LogP contribution in [0.2, 0.25) is 0 Å². The lowest BCUT2D eigenvalue weighted by molar-refractivity contribution is -0.116. The maximum atomic E-state index is 11.6. The van der Waals surface area contributed by atoms with Gasteiger partial charge in [0.25, 0.3) is 5.91 Å². The molecule has 1 aliphatic carbocycles. The molecule has 1 aliphatic heterocycles. The van der Waals surface area contributed by atoms with Crippen molar-refractivity contribution in [3.05, 3.63) is 0 Å².